The summed E-state index contributed by atoms with van der Waals surface area (Å²) in [4.78, 5) is 31.9. The fraction of sp³-hybridized carbons (Fsp3) is 0.350. The van der Waals surface area contributed by atoms with E-state index in [9.17, 15) is 9.59 Å². The molecule has 0 radical (unpaired) electrons. The number of amides is 2. The third kappa shape index (κ3) is 2.69. The van der Waals surface area contributed by atoms with Crippen LogP contribution in [0.5, 0.6) is 0 Å². The average Bonchev–Trinajstić information content (AvgIpc) is 3.44. The molecule has 2 saturated heterocycles. The number of fused-ring (bicyclic) bond motifs is 1. The van der Waals surface area contributed by atoms with Crippen molar-refractivity contribution in [1.29, 1.82) is 0 Å². The molecule has 1 aromatic heterocycles. The van der Waals surface area contributed by atoms with Crippen LogP contribution < -0.4 is 5.32 Å². The van der Waals surface area contributed by atoms with Crippen molar-refractivity contribution in [2.75, 3.05) is 18.4 Å². The Morgan fingerprint density at radius 3 is 3.00 bits per heavy atom. The van der Waals surface area contributed by atoms with Gasteiger partial charge in [-0.2, -0.15) is 0 Å². The second-order valence-electron chi connectivity index (χ2n) is 7.22. The van der Waals surface area contributed by atoms with E-state index in [4.69, 9.17) is 4.74 Å². The number of hydrogen-bond donors (Lipinski definition) is 1. The van der Waals surface area contributed by atoms with Gasteiger partial charge in [-0.1, -0.05) is 42.5 Å². The van der Waals surface area contributed by atoms with Gasteiger partial charge in [0.25, 0.3) is 0 Å². The smallest absolute Gasteiger partial charge is 0.233 e. The van der Waals surface area contributed by atoms with E-state index in [2.05, 4.69) is 22.4 Å². The number of rotatable bonds is 5. The van der Waals surface area contributed by atoms with Crippen molar-refractivity contribution < 1.29 is 14.3 Å². The van der Waals surface area contributed by atoms with Gasteiger partial charge in [0.05, 0.1) is 24.5 Å². The molecule has 0 unspecified atom stereocenters. The lowest BCUT2D eigenvalue weighted by Gasteiger charge is -2.23. The van der Waals surface area contributed by atoms with E-state index in [0.29, 0.717) is 18.2 Å². The molecular weight excluding hydrogens is 362 g/mol. The number of thiazole rings is 1. The second kappa shape index (κ2) is 6.28. The van der Waals surface area contributed by atoms with Crippen LogP contribution in [0.3, 0.4) is 0 Å². The minimum atomic E-state index is -0.663. The van der Waals surface area contributed by atoms with Crippen molar-refractivity contribution in [3.8, 4) is 0 Å². The molecule has 6 nitrogen and oxygen atoms in total. The molecule has 2 amide bonds. The lowest BCUT2D eigenvalue weighted by molar-refractivity contribution is -0.135. The van der Waals surface area contributed by atoms with Crippen molar-refractivity contribution in [2.24, 2.45) is 11.8 Å². The molecule has 4 atom stereocenters. The van der Waals surface area contributed by atoms with Crippen LogP contribution in [-0.4, -0.2) is 46.5 Å². The Morgan fingerprint density at radius 2 is 2.22 bits per heavy atom. The SMILES string of the molecule is O=C(Nc1nccs1)[C@H]1[C@H]2C=C[C@@]3(CN(CCc4ccccc4)C(=O)[C@@H]13)O2. The summed E-state index contributed by atoms with van der Waals surface area (Å²) in [6.07, 6.45) is 6.01. The van der Waals surface area contributed by atoms with Gasteiger partial charge in [0.2, 0.25) is 11.8 Å². The number of nitrogens with zero attached hydrogens (tertiary/aromatic N) is 2. The maximum Gasteiger partial charge on any atom is 0.233 e. The first-order valence-corrected chi connectivity index (χ1v) is 9.94. The van der Waals surface area contributed by atoms with Gasteiger partial charge in [0.1, 0.15) is 5.60 Å². The lowest BCUT2D eigenvalue weighted by atomic mass is 9.77. The van der Waals surface area contributed by atoms with Crippen molar-refractivity contribution >= 4 is 28.3 Å². The standard InChI is InChI=1S/C20H19N3O3S/c24-17(22-19-21-9-11-27-19)15-14-6-8-20(26-14)12-23(18(25)16(15)20)10-7-13-4-2-1-3-5-13/h1-6,8-9,11,14-16H,7,10,12H2,(H,21,22,24)/t14-,15+,16-,20+/m1/s1. The highest BCUT2D eigenvalue weighted by atomic mass is 32.1. The Balaban J connectivity index is 1.33. The van der Waals surface area contributed by atoms with Crippen molar-refractivity contribution in [2.45, 2.75) is 18.1 Å². The number of nitrogens with one attached hydrogen (secondary N) is 1. The Kier molecular flexibility index (Phi) is 3.87. The number of hydrogen-bond acceptors (Lipinski definition) is 5. The van der Waals surface area contributed by atoms with Gasteiger partial charge in [-0.05, 0) is 12.0 Å². The van der Waals surface area contributed by atoms with E-state index in [-0.39, 0.29) is 17.9 Å². The van der Waals surface area contributed by atoms with Crippen LogP contribution >= 0.6 is 11.3 Å². The summed E-state index contributed by atoms with van der Waals surface area (Å²) < 4.78 is 6.14. The van der Waals surface area contributed by atoms with Crippen LogP contribution in [0.4, 0.5) is 5.13 Å². The molecule has 2 aromatic rings. The van der Waals surface area contributed by atoms with Gasteiger partial charge in [-0.3, -0.25) is 9.59 Å². The van der Waals surface area contributed by atoms with E-state index < -0.39 is 17.4 Å². The highest BCUT2D eigenvalue weighted by Crippen LogP contribution is 2.52. The number of benzene rings is 1. The van der Waals surface area contributed by atoms with Gasteiger partial charge < -0.3 is 15.0 Å². The minimum absolute atomic E-state index is 0.0112. The van der Waals surface area contributed by atoms with E-state index in [1.807, 2.05) is 35.3 Å². The topological polar surface area (TPSA) is 71.5 Å². The molecule has 3 aliphatic rings. The van der Waals surface area contributed by atoms with Gasteiger partial charge in [-0.25, -0.2) is 4.98 Å². The van der Waals surface area contributed by atoms with Gasteiger partial charge in [-0.15, -0.1) is 11.3 Å². The van der Waals surface area contributed by atoms with Crippen LogP contribution in [0.15, 0.2) is 54.1 Å². The first-order valence-electron chi connectivity index (χ1n) is 9.06. The second-order valence-corrected chi connectivity index (χ2v) is 8.12. The Hall–Kier alpha value is -2.51. The molecule has 138 valence electrons. The van der Waals surface area contributed by atoms with E-state index in [0.717, 1.165) is 6.42 Å². The summed E-state index contributed by atoms with van der Waals surface area (Å²) in [5.74, 6) is -1.14. The Bertz CT molecular complexity index is 898. The predicted molar refractivity (Wildman–Crippen MR) is 101 cm³/mol. The Labute approximate surface area is 160 Å². The highest BCUT2D eigenvalue weighted by molar-refractivity contribution is 7.13. The van der Waals surface area contributed by atoms with Gasteiger partial charge in [0.15, 0.2) is 5.13 Å². The average molecular weight is 381 g/mol. The third-order valence-electron chi connectivity index (χ3n) is 5.66. The minimum Gasteiger partial charge on any atom is -0.360 e. The van der Waals surface area contributed by atoms with Crippen LogP contribution in [0.1, 0.15) is 5.56 Å². The summed E-state index contributed by atoms with van der Waals surface area (Å²) in [6.45, 7) is 1.14. The normalized spacial score (nSPS) is 30.7. The number of ether oxygens (including phenoxy) is 1. The highest BCUT2D eigenvalue weighted by Gasteiger charge is 2.66. The molecule has 4 heterocycles. The third-order valence-corrected chi connectivity index (χ3v) is 6.35. The summed E-state index contributed by atoms with van der Waals surface area (Å²) in [5.41, 5.74) is 0.530. The maximum atomic E-state index is 13.1. The summed E-state index contributed by atoms with van der Waals surface area (Å²) in [5, 5.41) is 5.19. The Morgan fingerprint density at radius 1 is 1.37 bits per heavy atom. The molecule has 1 spiro atoms. The van der Waals surface area contributed by atoms with Crippen molar-refractivity contribution in [3.05, 3.63) is 59.6 Å². The fourth-order valence-corrected chi connectivity index (χ4v) is 4.98. The number of aromatic nitrogens is 1. The summed E-state index contributed by atoms with van der Waals surface area (Å²) >= 11 is 1.36. The van der Waals surface area contributed by atoms with Crippen molar-refractivity contribution in [3.63, 3.8) is 0 Å². The van der Waals surface area contributed by atoms with Crippen LogP contribution in [0.2, 0.25) is 0 Å². The molecule has 7 heteroatoms. The molecule has 1 N–H and O–H groups in total. The zero-order chi connectivity index (χ0) is 18.4. The number of likely N-dealkylation sites (tertiary alicyclic amines) is 1. The molecule has 0 aliphatic carbocycles. The monoisotopic (exact) mass is 381 g/mol. The predicted octanol–water partition coefficient (Wildman–Crippen LogP) is 2.11. The van der Waals surface area contributed by atoms with E-state index in [1.165, 1.54) is 16.9 Å². The summed E-state index contributed by atoms with van der Waals surface area (Å²) in [6, 6.07) is 10.1. The van der Waals surface area contributed by atoms with E-state index in [1.54, 1.807) is 11.6 Å². The molecule has 1 aromatic carbocycles. The van der Waals surface area contributed by atoms with Crippen molar-refractivity contribution in [1.82, 2.24) is 9.88 Å². The molecule has 5 rings (SSSR count). The zero-order valence-corrected chi connectivity index (χ0v) is 15.4. The van der Waals surface area contributed by atoms with Crippen LogP contribution in [0.25, 0.3) is 0 Å². The summed E-state index contributed by atoms with van der Waals surface area (Å²) in [7, 11) is 0. The quantitative estimate of drug-likeness (QED) is 0.806. The molecule has 2 bridgehead atoms. The first kappa shape index (κ1) is 16.6. The van der Waals surface area contributed by atoms with Crippen LogP contribution in [0, 0.1) is 11.8 Å². The van der Waals surface area contributed by atoms with Crippen LogP contribution in [-0.2, 0) is 20.7 Å². The number of carbonyl (C=O) groups excluding carboxylic acids is 2. The number of anilines is 1. The molecule has 0 saturated carbocycles. The largest absolute Gasteiger partial charge is 0.360 e. The maximum absolute atomic E-state index is 13.1. The first-order chi connectivity index (χ1) is 13.2. The molecule has 3 aliphatic heterocycles. The fourth-order valence-electron chi connectivity index (χ4n) is 4.45. The van der Waals surface area contributed by atoms with Gasteiger partial charge in [0, 0.05) is 18.1 Å². The number of carbonyl (C=O) groups is 2. The molecular formula is C20H19N3O3S. The lowest BCUT2D eigenvalue weighted by Crippen LogP contribution is -2.41. The molecule has 2 fully saturated rings. The molecule has 27 heavy (non-hydrogen) atoms. The van der Waals surface area contributed by atoms with E-state index >= 15 is 0 Å². The zero-order valence-electron chi connectivity index (χ0n) is 14.6. The van der Waals surface area contributed by atoms with Gasteiger partial charge >= 0.3 is 0 Å².